The lowest BCUT2D eigenvalue weighted by atomic mass is 10.1. The Kier molecular flexibility index (Phi) is 6.37. The highest BCUT2D eigenvalue weighted by atomic mass is 79.9. The number of nitrogens with one attached hydrogen (secondary N) is 2. The Labute approximate surface area is 149 Å². The monoisotopic (exact) mass is 390 g/mol. The van der Waals surface area contributed by atoms with Gasteiger partial charge in [0.05, 0.1) is 20.1 Å². The number of carbonyl (C=O) groups excluding carboxylic acids is 2. The molecule has 0 aliphatic carbocycles. The van der Waals surface area contributed by atoms with E-state index in [1.165, 1.54) is 0 Å². The van der Waals surface area contributed by atoms with Crippen LogP contribution in [0, 0.1) is 6.92 Å². The molecule has 0 saturated heterocycles. The van der Waals surface area contributed by atoms with Crippen molar-refractivity contribution in [1.82, 2.24) is 5.32 Å². The standard InChI is InChI=1S/C18H19BrN2O3/c1-12-3-6-14(10-16(12)19)21-18(23)11-20-17(22)9-13-4-7-15(24-2)8-5-13/h3-8,10H,9,11H2,1-2H3,(H,20,22)(H,21,23). The molecule has 2 rings (SSSR count). The molecule has 0 fully saturated rings. The number of ether oxygens (including phenoxy) is 1. The van der Waals surface area contributed by atoms with E-state index < -0.39 is 0 Å². The van der Waals surface area contributed by atoms with Crippen molar-refractivity contribution in [2.24, 2.45) is 0 Å². The third-order valence-electron chi connectivity index (χ3n) is 3.43. The Balaban J connectivity index is 1.79. The zero-order valence-corrected chi connectivity index (χ0v) is 15.1. The van der Waals surface area contributed by atoms with Crippen LogP contribution in [0.1, 0.15) is 11.1 Å². The zero-order valence-electron chi connectivity index (χ0n) is 13.6. The SMILES string of the molecule is COc1ccc(CC(=O)NCC(=O)Nc2ccc(C)c(Br)c2)cc1. The summed E-state index contributed by atoms with van der Waals surface area (Å²) in [5, 5.41) is 5.36. The topological polar surface area (TPSA) is 67.4 Å². The van der Waals surface area contributed by atoms with Gasteiger partial charge < -0.3 is 15.4 Å². The predicted octanol–water partition coefficient (Wildman–Crippen LogP) is 3.06. The molecule has 0 aromatic heterocycles. The molecule has 0 spiro atoms. The van der Waals surface area contributed by atoms with Crippen LogP contribution < -0.4 is 15.4 Å². The molecule has 0 bridgehead atoms. The van der Waals surface area contributed by atoms with Crippen molar-refractivity contribution < 1.29 is 14.3 Å². The Hall–Kier alpha value is -2.34. The second-order valence-electron chi connectivity index (χ2n) is 5.31. The molecule has 5 nitrogen and oxygen atoms in total. The van der Waals surface area contributed by atoms with E-state index >= 15 is 0 Å². The molecule has 0 heterocycles. The number of amides is 2. The molecular weight excluding hydrogens is 372 g/mol. The van der Waals surface area contributed by atoms with Gasteiger partial charge in [0.2, 0.25) is 11.8 Å². The summed E-state index contributed by atoms with van der Waals surface area (Å²) in [6.45, 7) is 1.90. The molecule has 0 aliphatic rings. The molecule has 126 valence electrons. The highest BCUT2D eigenvalue weighted by Gasteiger charge is 2.08. The van der Waals surface area contributed by atoms with Gasteiger partial charge in [-0.15, -0.1) is 0 Å². The van der Waals surface area contributed by atoms with Gasteiger partial charge in [-0.3, -0.25) is 9.59 Å². The maximum Gasteiger partial charge on any atom is 0.243 e. The number of aryl methyl sites for hydroxylation is 1. The van der Waals surface area contributed by atoms with Crippen LogP contribution in [0.5, 0.6) is 5.75 Å². The number of anilines is 1. The number of rotatable bonds is 6. The quantitative estimate of drug-likeness (QED) is 0.796. The minimum atomic E-state index is -0.270. The molecule has 24 heavy (non-hydrogen) atoms. The van der Waals surface area contributed by atoms with Gasteiger partial charge in [-0.25, -0.2) is 0 Å². The summed E-state index contributed by atoms with van der Waals surface area (Å²) in [6.07, 6.45) is 0.216. The summed E-state index contributed by atoms with van der Waals surface area (Å²) in [5.41, 5.74) is 2.62. The predicted molar refractivity (Wildman–Crippen MR) is 97.2 cm³/mol. The van der Waals surface area contributed by atoms with E-state index in [4.69, 9.17) is 4.74 Å². The van der Waals surface area contributed by atoms with Gasteiger partial charge in [0.15, 0.2) is 0 Å². The Morgan fingerprint density at radius 3 is 2.42 bits per heavy atom. The third kappa shape index (κ3) is 5.38. The largest absolute Gasteiger partial charge is 0.497 e. The second kappa shape index (κ2) is 8.49. The number of hydrogen-bond donors (Lipinski definition) is 2. The van der Waals surface area contributed by atoms with Crippen molar-refractivity contribution in [1.29, 1.82) is 0 Å². The van der Waals surface area contributed by atoms with E-state index in [2.05, 4.69) is 26.6 Å². The van der Waals surface area contributed by atoms with Gasteiger partial charge in [-0.05, 0) is 42.3 Å². The van der Waals surface area contributed by atoms with Crippen LogP contribution in [0.25, 0.3) is 0 Å². The molecular formula is C18H19BrN2O3. The van der Waals surface area contributed by atoms with Crippen LogP contribution in [-0.4, -0.2) is 25.5 Å². The lowest BCUT2D eigenvalue weighted by Gasteiger charge is -2.08. The molecule has 0 saturated carbocycles. The Bertz CT molecular complexity index is 730. The molecule has 2 amide bonds. The normalized spacial score (nSPS) is 10.1. The van der Waals surface area contributed by atoms with Crippen molar-refractivity contribution in [3.05, 3.63) is 58.1 Å². The number of carbonyl (C=O) groups is 2. The number of hydrogen-bond acceptors (Lipinski definition) is 3. The fourth-order valence-corrected chi connectivity index (χ4v) is 2.42. The van der Waals surface area contributed by atoms with Gasteiger partial charge in [0.25, 0.3) is 0 Å². The summed E-state index contributed by atoms with van der Waals surface area (Å²) in [7, 11) is 1.59. The second-order valence-corrected chi connectivity index (χ2v) is 6.17. The van der Waals surface area contributed by atoms with Crippen LogP contribution in [0.3, 0.4) is 0 Å². The van der Waals surface area contributed by atoms with Crippen LogP contribution in [0.15, 0.2) is 46.9 Å². The average molecular weight is 391 g/mol. The van der Waals surface area contributed by atoms with E-state index in [0.717, 1.165) is 21.3 Å². The molecule has 2 aromatic carbocycles. The molecule has 0 atom stereocenters. The van der Waals surface area contributed by atoms with Gasteiger partial charge in [-0.2, -0.15) is 0 Å². The van der Waals surface area contributed by atoms with Crippen LogP contribution in [0.4, 0.5) is 5.69 Å². The summed E-state index contributed by atoms with van der Waals surface area (Å²) in [6, 6.07) is 12.8. The molecule has 0 unspecified atom stereocenters. The third-order valence-corrected chi connectivity index (χ3v) is 4.28. The smallest absolute Gasteiger partial charge is 0.243 e. The number of methoxy groups -OCH3 is 1. The molecule has 6 heteroatoms. The molecule has 0 radical (unpaired) electrons. The summed E-state index contributed by atoms with van der Waals surface area (Å²) in [4.78, 5) is 23.8. The molecule has 2 aromatic rings. The summed E-state index contributed by atoms with van der Waals surface area (Å²) < 4.78 is 5.99. The summed E-state index contributed by atoms with van der Waals surface area (Å²) in [5.74, 6) is 0.261. The highest BCUT2D eigenvalue weighted by molar-refractivity contribution is 9.10. The van der Waals surface area contributed by atoms with Crippen LogP contribution in [-0.2, 0) is 16.0 Å². The zero-order chi connectivity index (χ0) is 17.5. The first-order valence-corrected chi connectivity index (χ1v) is 8.23. The summed E-state index contributed by atoms with van der Waals surface area (Å²) >= 11 is 3.42. The fourth-order valence-electron chi connectivity index (χ4n) is 2.05. The number of benzene rings is 2. The molecule has 0 aliphatic heterocycles. The van der Waals surface area contributed by atoms with Crippen molar-refractivity contribution in [3.8, 4) is 5.75 Å². The van der Waals surface area contributed by atoms with E-state index in [9.17, 15) is 9.59 Å². The van der Waals surface area contributed by atoms with Crippen molar-refractivity contribution in [2.45, 2.75) is 13.3 Å². The average Bonchev–Trinajstić information content (AvgIpc) is 2.57. The van der Waals surface area contributed by atoms with Crippen molar-refractivity contribution in [3.63, 3.8) is 0 Å². The maximum atomic E-state index is 11.9. The Morgan fingerprint density at radius 1 is 1.08 bits per heavy atom. The van der Waals surface area contributed by atoms with Gasteiger partial charge >= 0.3 is 0 Å². The van der Waals surface area contributed by atoms with Gasteiger partial charge in [-0.1, -0.05) is 34.1 Å². The lowest BCUT2D eigenvalue weighted by molar-refractivity contribution is -0.123. The van der Waals surface area contributed by atoms with E-state index in [1.807, 2.05) is 37.3 Å². The highest BCUT2D eigenvalue weighted by Crippen LogP contribution is 2.20. The first kappa shape index (κ1) is 18.0. The minimum absolute atomic E-state index is 0.0690. The van der Waals surface area contributed by atoms with E-state index in [-0.39, 0.29) is 24.8 Å². The van der Waals surface area contributed by atoms with Crippen LogP contribution >= 0.6 is 15.9 Å². The Morgan fingerprint density at radius 2 is 1.79 bits per heavy atom. The minimum Gasteiger partial charge on any atom is -0.497 e. The first-order chi connectivity index (χ1) is 11.5. The van der Waals surface area contributed by atoms with Gasteiger partial charge in [0.1, 0.15) is 5.75 Å². The fraction of sp³-hybridized carbons (Fsp3) is 0.222. The maximum absolute atomic E-state index is 11.9. The lowest BCUT2D eigenvalue weighted by Crippen LogP contribution is -2.33. The van der Waals surface area contributed by atoms with Gasteiger partial charge in [0, 0.05) is 10.2 Å². The first-order valence-electron chi connectivity index (χ1n) is 7.43. The molecule has 2 N–H and O–H groups in total. The van der Waals surface area contributed by atoms with E-state index in [1.54, 1.807) is 19.2 Å². The van der Waals surface area contributed by atoms with Crippen molar-refractivity contribution >= 4 is 33.4 Å². The van der Waals surface area contributed by atoms with E-state index in [0.29, 0.717) is 5.69 Å². The van der Waals surface area contributed by atoms with Crippen LogP contribution in [0.2, 0.25) is 0 Å². The number of halogens is 1. The van der Waals surface area contributed by atoms with Crippen molar-refractivity contribution in [2.75, 3.05) is 19.0 Å².